The molecule has 1 aromatic rings. The summed E-state index contributed by atoms with van der Waals surface area (Å²) >= 11 is 17.8. The molecule has 0 saturated heterocycles. The first-order valence-corrected chi connectivity index (χ1v) is 7.03. The van der Waals surface area contributed by atoms with Crippen LogP contribution >= 0.6 is 34.8 Å². The minimum absolute atomic E-state index is 0.270. The van der Waals surface area contributed by atoms with Gasteiger partial charge in [0, 0.05) is 11.6 Å². The Hall–Kier alpha value is -0.150. The predicted octanol–water partition coefficient (Wildman–Crippen LogP) is 5.23. The summed E-state index contributed by atoms with van der Waals surface area (Å²) in [6.45, 7) is 5.33. The summed E-state index contributed by atoms with van der Waals surface area (Å²) < 4.78 is 11.0. The zero-order valence-corrected chi connectivity index (χ0v) is 12.8. The molecule has 18 heavy (non-hydrogen) atoms. The third-order valence-electron chi connectivity index (χ3n) is 2.20. The first kappa shape index (κ1) is 15.9. The number of ether oxygens (including phenoxy) is 2. The van der Waals surface area contributed by atoms with Gasteiger partial charge in [0.25, 0.3) is 0 Å². The molecule has 102 valence electrons. The number of hydrogen-bond acceptors (Lipinski definition) is 2. The molecule has 0 spiro atoms. The number of rotatable bonds is 7. The Morgan fingerprint density at radius 3 is 2.11 bits per heavy atom. The average molecular weight is 312 g/mol. The zero-order chi connectivity index (χ0) is 13.5. The Labute approximate surface area is 123 Å². The van der Waals surface area contributed by atoms with Crippen molar-refractivity contribution >= 4 is 34.8 Å². The molecule has 0 aliphatic rings. The molecule has 0 saturated carbocycles. The standard InChI is InChI=1S/C13H17Cl3O2/c1-9(2)17-5-3-4-6-18-13-11(15)7-10(14)8-12(13)16/h7-9H,3-6H2,1-2H3. The van der Waals surface area contributed by atoms with E-state index in [0.29, 0.717) is 27.4 Å². The third-order valence-corrected chi connectivity index (χ3v) is 2.98. The summed E-state index contributed by atoms with van der Waals surface area (Å²) in [5, 5.41) is 1.37. The van der Waals surface area contributed by atoms with Gasteiger partial charge < -0.3 is 9.47 Å². The van der Waals surface area contributed by atoms with E-state index in [1.807, 2.05) is 13.8 Å². The molecule has 0 bridgehead atoms. The third kappa shape index (κ3) is 5.66. The molecule has 2 nitrogen and oxygen atoms in total. The van der Waals surface area contributed by atoms with Gasteiger partial charge in [-0.25, -0.2) is 0 Å². The van der Waals surface area contributed by atoms with Gasteiger partial charge in [-0.15, -0.1) is 0 Å². The molecule has 0 heterocycles. The molecule has 1 rings (SSSR count). The highest BCUT2D eigenvalue weighted by Gasteiger charge is 2.08. The van der Waals surface area contributed by atoms with E-state index in [9.17, 15) is 0 Å². The van der Waals surface area contributed by atoms with E-state index in [0.717, 1.165) is 19.4 Å². The molecule has 0 fully saturated rings. The highest BCUT2D eigenvalue weighted by molar-refractivity contribution is 6.40. The topological polar surface area (TPSA) is 18.5 Å². The van der Waals surface area contributed by atoms with Gasteiger partial charge in [-0.1, -0.05) is 34.8 Å². The maximum absolute atomic E-state index is 6.00. The summed E-state index contributed by atoms with van der Waals surface area (Å²) in [6.07, 6.45) is 2.11. The molecule has 0 radical (unpaired) electrons. The fourth-order valence-electron chi connectivity index (χ4n) is 1.36. The van der Waals surface area contributed by atoms with Gasteiger partial charge in [0.05, 0.1) is 22.8 Å². The van der Waals surface area contributed by atoms with Crippen LogP contribution in [-0.2, 0) is 4.74 Å². The summed E-state index contributed by atoms with van der Waals surface area (Å²) in [6, 6.07) is 3.23. The summed E-state index contributed by atoms with van der Waals surface area (Å²) in [5.41, 5.74) is 0. The number of benzene rings is 1. The Bertz CT molecular complexity index is 357. The molecule has 5 heteroatoms. The van der Waals surface area contributed by atoms with Crippen LogP contribution in [0.5, 0.6) is 5.75 Å². The molecule has 0 aromatic heterocycles. The van der Waals surface area contributed by atoms with E-state index in [-0.39, 0.29) is 6.10 Å². The van der Waals surface area contributed by atoms with E-state index >= 15 is 0 Å². The Morgan fingerprint density at radius 2 is 1.56 bits per heavy atom. The van der Waals surface area contributed by atoms with Crippen molar-refractivity contribution in [2.45, 2.75) is 32.8 Å². The molecule has 0 aliphatic heterocycles. The monoisotopic (exact) mass is 310 g/mol. The van der Waals surface area contributed by atoms with Crippen LogP contribution in [0.4, 0.5) is 0 Å². The lowest BCUT2D eigenvalue weighted by Gasteiger charge is -2.11. The Morgan fingerprint density at radius 1 is 1.00 bits per heavy atom. The summed E-state index contributed by atoms with van der Waals surface area (Å²) in [4.78, 5) is 0. The Kier molecular flexibility index (Phi) is 7.16. The predicted molar refractivity (Wildman–Crippen MR) is 77.3 cm³/mol. The fourth-order valence-corrected chi connectivity index (χ4v) is 2.29. The van der Waals surface area contributed by atoms with Crippen LogP contribution in [0.25, 0.3) is 0 Å². The van der Waals surface area contributed by atoms with E-state index in [1.54, 1.807) is 12.1 Å². The van der Waals surface area contributed by atoms with Crippen molar-refractivity contribution in [3.63, 3.8) is 0 Å². The van der Waals surface area contributed by atoms with Gasteiger partial charge in [-0.3, -0.25) is 0 Å². The van der Waals surface area contributed by atoms with Crippen LogP contribution in [0.1, 0.15) is 26.7 Å². The van der Waals surface area contributed by atoms with Crippen molar-refractivity contribution in [3.8, 4) is 5.75 Å². The molecular weight excluding hydrogens is 294 g/mol. The zero-order valence-electron chi connectivity index (χ0n) is 10.5. The van der Waals surface area contributed by atoms with Crippen LogP contribution in [0.15, 0.2) is 12.1 Å². The second kappa shape index (κ2) is 8.11. The van der Waals surface area contributed by atoms with Crippen LogP contribution in [0.3, 0.4) is 0 Å². The normalized spacial score (nSPS) is 11.0. The van der Waals surface area contributed by atoms with E-state index in [1.165, 1.54) is 0 Å². The van der Waals surface area contributed by atoms with Crippen molar-refractivity contribution in [1.82, 2.24) is 0 Å². The van der Waals surface area contributed by atoms with Crippen LogP contribution in [0, 0.1) is 0 Å². The molecule has 0 amide bonds. The fraction of sp³-hybridized carbons (Fsp3) is 0.538. The Balaban J connectivity index is 2.31. The molecular formula is C13H17Cl3O2. The van der Waals surface area contributed by atoms with Crippen LogP contribution in [0.2, 0.25) is 15.1 Å². The van der Waals surface area contributed by atoms with Crippen molar-refractivity contribution in [1.29, 1.82) is 0 Å². The van der Waals surface area contributed by atoms with Gasteiger partial charge in [0.2, 0.25) is 0 Å². The molecule has 0 N–H and O–H groups in total. The quantitative estimate of drug-likeness (QED) is 0.642. The lowest BCUT2D eigenvalue weighted by Crippen LogP contribution is -2.06. The van der Waals surface area contributed by atoms with E-state index in [4.69, 9.17) is 44.3 Å². The molecule has 0 atom stereocenters. The number of hydrogen-bond donors (Lipinski definition) is 0. The van der Waals surface area contributed by atoms with Gasteiger partial charge in [-0.2, -0.15) is 0 Å². The minimum atomic E-state index is 0.270. The molecule has 1 aromatic carbocycles. The number of unbranched alkanes of at least 4 members (excludes halogenated alkanes) is 1. The largest absolute Gasteiger partial charge is 0.490 e. The van der Waals surface area contributed by atoms with Crippen LogP contribution in [-0.4, -0.2) is 19.3 Å². The van der Waals surface area contributed by atoms with Gasteiger partial charge in [0.1, 0.15) is 0 Å². The second-order valence-corrected chi connectivity index (χ2v) is 5.42. The smallest absolute Gasteiger partial charge is 0.156 e. The SMILES string of the molecule is CC(C)OCCCCOc1c(Cl)cc(Cl)cc1Cl. The van der Waals surface area contributed by atoms with E-state index in [2.05, 4.69) is 0 Å². The van der Waals surface area contributed by atoms with Crippen molar-refractivity contribution < 1.29 is 9.47 Å². The second-order valence-electron chi connectivity index (χ2n) is 4.17. The van der Waals surface area contributed by atoms with Crippen LogP contribution < -0.4 is 4.74 Å². The first-order chi connectivity index (χ1) is 8.50. The van der Waals surface area contributed by atoms with Crippen molar-refractivity contribution in [2.24, 2.45) is 0 Å². The highest BCUT2D eigenvalue weighted by atomic mass is 35.5. The lowest BCUT2D eigenvalue weighted by molar-refractivity contribution is 0.0738. The van der Waals surface area contributed by atoms with Crippen molar-refractivity contribution in [2.75, 3.05) is 13.2 Å². The van der Waals surface area contributed by atoms with Gasteiger partial charge in [-0.05, 0) is 38.8 Å². The highest BCUT2D eigenvalue weighted by Crippen LogP contribution is 2.35. The number of halogens is 3. The van der Waals surface area contributed by atoms with E-state index < -0.39 is 0 Å². The maximum Gasteiger partial charge on any atom is 0.156 e. The first-order valence-electron chi connectivity index (χ1n) is 5.89. The summed E-state index contributed by atoms with van der Waals surface area (Å²) in [5.74, 6) is 0.493. The molecule has 0 aliphatic carbocycles. The van der Waals surface area contributed by atoms with Gasteiger partial charge >= 0.3 is 0 Å². The molecule has 0 unspecified atom stereocenters. The van der Waals surface area contributed by atoms with Crippen molar-refractivity contribution in [3.05, 3.63) is 27.2 Å². The maximum atomic E-state index is 6.00. The summed E-state index contributed by atoms with van der Waals surface area (Å²) in [7, 11) is 0. The minimum Gasteiger partial charge on any atom is -0.490 e. The lowest BCUT2D eigenvalue weighted by atomic mass is 10.3. The van der Waals surface area contributed by atoms with Gasteiger partial charge in [0.15, 0.2) is 5.75 Å². The average Bonchev–Trinajstić information content (AvgIpc) is 2.25.